The third kappa shape index (κ3) is 2.65. The highest BCUT2D eigenvalue weighted by atomic mass is 15.1. The molecule has 2 nitrogen and oxygen atoms in total. The zero-order valence-electron chi connectivity index (χ0n) is 9.88. The Morgan fingerprint density at radius 2 is 2.07 bits per heavy atom. The number of hydrogen-bond donors (Lipinski definition) is 1. The van der Waals surface area contributed by atoms with Crippen molar-refractivity contribution in [2.24, 2.45) is 5.92 Å². The Balaban J connectivity index is 2.06. The number of nitrogens with one attached hydrogen (secondary N) is 1. The Labute approximate surface area is 92.3 Å². The van der Waals surface area contributed by atoms with Crippen LogP contribution in [0.4, 0.5) is 11.4 Å². The Morgan fingerprint density at radius 3 is 2.67 bits per heavy atom. The lowest BCUT2D eigenvalue weighted by molar-refractivity contribution is 0.889. The van der Waals surface area contributed by atoms with Crippen LogP contribution >= 0.6 is 0 Å². The molecule has 2 heteroatoms. The summed E-state index contributed by atoms with van der Waals surface area (Å²) in [5.41, 5.74) is 3.88. The van der Waals surface area contributed by atoms with Gasteiger partial charge in [-0.2, -0.15) is 0 Å². The predicted octanol–water partition coefficient (Wildman–Crippen LogP) is 2.88. The summed E-state index contributed by atoms with van der Waals surface area (Å²) in [7, 11) is 4.18. The van der Waals surface area contributed by atoms with Gasteiger partial charge < -0.3 is 10.2 Å². The van der Waals surface area contributed by atoms with Crippen molar-refractivity contribution in [2.45, 2.75) is 19.8 Å². The van der Waals surface area contributed by atoms with Crippen molar-refractivity contribution < 1.29 is 0 Å². The van der Waals surface area contributed by atoms with E-state index in [9.17, 15) is 0 Å². The van der Waals surface area contributed by atoms with Crippen molar-refractivity contribution in [3.63, 3.8) is 0 Å². The van der Waals surface area contributed by atoms with Crippen LogP contribution in [0.25, 0.3) is 0 Å². The van der Waals surface area contributed by atoms with Crippen LogP contribution in [0.15, 0.2) is 18.2 Å². The van der Waals surface area contributed by atoms with Gasteiger partial charge in [0.05, 0.1) is 0 Å². The van der Waals surface area contributed by atoms with Gasteiger partial charge in [-0.15, -0.1) is 0 Å². The topological polar surface area (TPSA) is 15.3 Å². The maximum Gasteiger partial charge on any atom is 0.0411 e. The maximum absolute atomic E-state index is 3.50. The van der Waals surface area contributed by atoms with E-state index in [2.05, 4.69) is 49.4 Å². The van der Waals surface area contributed by atoms with E-state index in [1.54, 1.807) is 0 Å². The summed E-state index contributed by atoms with van der Waals surface area (Å²) in [5.74, 6) is 0.925. The minimum atomic E-state index is 0.925. The van der Waals surface area contributed by atoms with Crippen LogP contribution in [0.3, 0.4) is 0 Å². The molecule has 0 heterocycles. The Bertz CT molecular complexity index is 340. The van der Waals surface area contributed by atoms with Crippen LogP contribution in [-0.4, -0.2) is 20.6 Å². The highest BCUT2D eigenvalue weighted by Crippen LogP contribution is 2.29. The molecular weight excluding hydrogens is 184 g/mol. The molecule has 0 spiro atoms. The van der Waals surface area contributed by atoms with Gasteiger partial charge in [0.2, 0.25) is 0 Å². The van der Waals surface area contributed by atoms with E-state index in [0.717, 1.165) is 12.5 Å². The first-order valence-corrected chi connectivity index (χ1v) is 5.68. The van der Waals surface area contributed by atoms with Gasteiger partial charge in [0.15, 0.2) is 0 Å². The Morgan fingerprint density at radius 1 is 1.33 bits per heavy atom. The minimum Gasteiger partial charge on any atom is -0.385 e. The zero-order chi connectivity index (χ0) is 10.8. The molecule has 1 N–H and O–H groups in total. The van der Waals surface area contributed by atoms with E-state index >= 15 is 0 Å². The Kier molecular flexibility index (Phi) is 2.85. The van der Waals surface area contributed by atoms with E-state index in [-0.39, 0.29) is 0 Å². The molecular formula is C13H20N2. The molecule has 0 aliphatic heterocycles. The van der Waals surface area contributed by atoms with E-state index in [1.165, 1.54) is 29.8 Å². The standard InChI is InChI=1S/C13H20N2/c1-10-4-7-12(8-13(10)15(2)3)14-9-11-5-6-11/h4,7-8,11,14H,5-6,9H2,1-3H3. The predicted molar refractivity (Wildman–Crippen MR) is 66.7 cm³/mol. The van der Waals surface area contributed by atoms with Gasteiger partial charge in [0, 0.05) is 32.0 Å². The van der Waals surface area contributed by atoms with Gasteiger partial charge in [-0.3, -0.25) is 0 Å². The number of nitrogens with zero attached hydrogens (tertiary/aromatic N) is 1. The van der Waals surface area contributed by atoms with Crippen molar-refractivity contribution in [3.8, 4) is 0 Å². The first-order valence-electron chi connectivity index (χ1n) is 5.68. The summed E-state index contributed by atoms with van der Waals surface area (Å²) in [4.78, 5) is 2.16. The van der Waals surface area contributed by atoms with Crippen molar-refractivity contribution in [3.05, 3.63) is 23.8 Å². The summed E-state index contributed by atoms with van der Waals surface area (Å²) in [5, 5.41) is 3.50. The summed E-state index contributed by atoms with van der Waals surface area (Å²) < 4.78 is 0. The lowest BCUT2D eigenvalue weighted by atomic mass is 10.1. The SMILES string of the molecule is Cc1ccc(NCC2CC2)cc1N(C)C. The number of rotatable bonds is 4. The normalized spacial score (nSPS) is 15.1. The quantitative estimate of drug-likeness (QED) is 0.811. The second-order valence-corrected chi connectivity index (χ2v) is 4.72. The summed E-state index contributed by atoms with van der Waals surface area (Å²) in [6.45, 7) is 3.29. The van der Waals surface area contributed by atoms with Crippen molar-refractivity contribution in [1.82, 2.24) is 0 Å². The Hall–Kier alpha value is -1.18. The van der Waals surface area contributed by atoms with Crippen molar-refractivity contribution in [1.29, 1.82) is 0 Å². The summed E-state index contributed by atoms with van der Waals surface area (Å²) in [6.07, 6.45) is 2.80. The second-order valence-electron chi connectivity index (χ2n) is 4.72. The van der Waals surface area contributed by atoms with Gasteiger partial charge >= 0.3 is 0 Å². The lowest BCUT2D eigenvalue weighted by Crippen LogP contribution is -2.11. The van der Waals surface area contributed by atoms with Gasteiger partial charge in [0.25, 0.3) is 0 Å². The fourth-order valence-electron chi connectivity index (χ4n) is 1.79. The summed E-state index contributed by atoms with van der Waals surface area (Å²) in [6, 6.07) is 6.59. The largest absolute Gasteiger partial charge is 0.385 e. The molecule has 1 fully saturated rings. The fraction of sp³-hybridized carbons (Fsp3) is 0.538. The highest BCUT2D eigenvalue weighted by molar-refractivity contribution is 5.61. The van der Waals surface area contributed by atoms with E-state index in [1.807, 2.05) is 0 Å². The average Bonchev–Trinajstić information content (AvgIpc) is 3.00. The van der Waals surface area contributed by atoms with E-state index in [0.29, 0.717) is 0 Å². The minimum absolute atomic E-state index is 0.925. The van der Waals surface area contributed by atoms with Crippen LogP contribution < -0.4 is 10.2 Å². The molecule has 15 heavy (non-hydrogen) atoms. The van der Waals surface area contributed by atoms with Crippen LogP contribution in [0, 0.1) is 12.8 Å². The smallest absolute Gasteiger partial charge is 0.0411 e. The monoisotopic (exact) mass is 204 g/mol. The molecule has 0 amide bonds. The van der Waals surface area contributed by atoms with Gasteiger partial charge in [0.1, 0.15) is 0 Å². The maximum atomic E-state index is 3.50. The third-order valence-corrected chi connectivity index (χ3v) is 2.98. The number of benzene rings is 1. The van der Waals surface area contributed by atoms with Crippen LogP contribution in [0.2, 0.25) is 0 Å². The summed E-state index contributed by atoms with van der Waals surface area (Å²) >= 11 is 0. The molecule has 1 aromatic carbocycles. The molecule has 82 valence electrons. The molecule has 0 atom stereocenters. The van der Waals surface area contributed by atoms with Crippen molar-refractivity contribution in [2.75, 3.05) is 30.9 Å². The number of aryl methyl sites for hydroxylation is 1. The molecule has 0 unspecified atom stereocenters. The molecule has 0 saturated heterocycles. The zero-order valence-corrected chi connectivity index (χ0v) is 9.88. The van der Waals surface area contributed by atoms with Crippen molar-refractivity contribution >= 4 is 11.4 Å². The van der Waals surface area contributed by atoms with E-state index < -0.39 is 0 Å². The molecule has 1 aliphatic rings. The van der Waals surface area contributed by atoms with Gasteiger partial charge in [-0.1, -0.05) is 6.07 Å². The fourth-order valence-corrected chi connectivity index (χ4v) is 1.79. The number of hydrogen-bond acceptors (Lipinski definition) is 2. The van der Waals surface area contributed by atoms with Crippen LogP contribution in [0.1, 0.15) is 18.4 Å². The molecule has 0 aromatic heterocycles. The number of anilines is 2. The molecule has 1 aliphatic carbocycles. The van der Waals surface area contributed by atoms with Crippen LogP contribution in [0.5, 0.6) is 0 Å². The molecule has 1 aromatic rings. The third-order valence-electron chi connectivity index (χ3n) is 2.98. The first-order chi connectivity index (χ1) is 7.16. The second kappa shape index (κ2) is 4.13. The highest BCUT2D eigenvalue weighted by Gasteiger charge is 2.20. The van der Waals surface area contributed by atoms with Crippen LogP contribution in [-0.2, 0) is 0 Å². The molecule has 0 bridgehead atoms. The average molecular weight is 204 g/mol. The van der Waals surface area contributed by atoms with Gasteiger partial charge in [-0.05, 0) is 43.4 Å². The molecule has 1 saturated carbocycles. The first kappa shape index (κ1) is 10.3. The lowest BCUT2D eigenvalue weighted by Gasteiger charge is -2.17. The molecule has 2 rings (SSSR count). The van der Waals surface area contributed by atoms with Gasteiger partial charge in [-0.25, -0.2) is 0 Å². The molecule has 0 radical (unpaired) electrons. The van der Waals surface area contributed by atoms with E-state index in [4.69, 9.17) is 0 Å².